The average Bonchev–Trinajstić information content (AvgIpc) is 3.12. The molecule has 4 rings (SSSR count). The van der Waals surface area contributed by atoms with Gasteiger partial charge in [0.25, 0.3) is 5.91 Å². The van der Waals surface area contributed by atoms with Gasteiger partial charge in [-0.25, -0.2) is 4.99 Å². The number of hydrogen-bond donors (Lipinski definition) is 0. The van der Waals surface area contributed by atoms with E-state index in [4.69, 9.17) is 4.74 Å². The highest BCUT2D eigenvalue weighted by atomic mass is 32.2. The minimum atomic E-state index is -0.192. The van der Waals surface area contributed by atoms with E-state index in [-0.39, 0.29) is 17.6 Å². The summed E-state index contributed by atoms with van der Waals surface area (Å²) in [5.74, 6) is 1.58. The molecule has 2 amide bonds. The Balaban J connectivity index is 1.59. The molecule has 178 valence electrons. The molecule has 0 atom stereocenters. The normalized spacial score (nSPS) is 17.9. The van der Waals surface area contributed by atoms with Crippen LogP contribution in [0.4, 0.5) is 5.69 Å². The van der Waals surface area contributed by atoms with Crippen molar-refractivity contribution in [2.75, 3.05) is 30.9 Å². The number of methoxy groups -OCH3 is 1. The molecular weight excluding hydrogens is 446 g/mol. The Bertz CT molecular complexity index is 1110. The number of amidine groups is 1. The Kier molecular flexibility index (Phi) is 7.41. The maximum Gasteiger partial charge on any atom is 0.283 e. The van der Waals surface area contributed by atoms with Gasteiger partial charge in [-0.2, -0.15) is 0 Å². The number of hydrogen-bond acceptors (Lipinski definition) is 5. The number of thioether (sulfide) groups is 1. The van der Waals surface area contributed by atoms with Gasteiger partial charge in [0.05, 0.1) is 18.6 Å². The van der Waals surface area contributed by atoms with Crippen LogP contribution in [0.1, 0.15) is 36.5 Å². The minimum Gasteiger partial charge on any atom is -0.497 e. The van der Waals surface area contributed by atoms with Gasteiger partial charge in [-0.3, -0.25) is 14.5 Å². The van der Waals surface area contributed by atoms with Gasteiger partial charge in [0.2, 0.25) is 5.91 Å². The number of carbonyl (C=O) groups excluding carboxylic acids is 2. The summed E-state index contributed by atoms with van der Waals surface area (Å²) in [5.41, 5.74) is 4.12. The van der Waals surface area contributed by atoms with Crippen molar-refractivity contribution >= 4 is 40.5 Å². The monoisotopic (exact) mass is 477 g/mol. The molecule has 6 nitrogen and oxygen atoms in total. The zero-order valence-corrected chi connectivity index (χ0v) is 21.0. The molecule has 0 radical (unpaired) electrons. The molecule has 0 N–H and O–H groups in total. The molecule has 7 heteroatoms. The van der Waals surface area contributed by atoms with Gasteiger partial charge in [-0.15, -0.1) is 0 Å². The van der Waals surface area contributed by atoms with Gasteiger partial charge in [-0.05, 0) is 79.6 Å². The predicted molar refractivity (Wildman–Crippen MR) is 139 cm³/mol. The first-order valence-electron chi connectivity index (χ1n) is 11.6. The van der Waals surface area contributed by atoms with Crippen LogP contribution >= 0.6 is 11.8 Å². The lowest BCUT2D eigenvalue weighted by atomic mass is 9.99. The quantitative estimate of drug-likeness (QED) is 0.566. The van der Waals surface area contributed by atoms with E-state index in [2.05, 4.69) is 18.0 Å². The van der Waals surface area contributed by atoms with Crippen LogP contribution in [0.2, 0.25) is 0 Å². The lowest BCUT2D eigenvalue weighted by Gasteiger charge is -2.30. The highest BCUT2D eigenvalue weighted by Gasteiger charge is 2.33. The zero-order chi connectivity index (χ0) is 24.2. The molecule has 34 heavy (non-hydrogen) atoms. The number of aryl methyl sites for hydroxylation is 2. The molecule has 2 aliphatic rings. The van der Waals surface area contributed by atoms with Gasteiger partial charge < -0.3 is 9.64 Å². The molecule has 2 aromatic rings. The van der Waals surface area contributed by atoms with Gasteiger partial charge in [0, 0.05) is 13.1 Å². The molecule has 0 spiro atoms. The van der Waals surface area contributed by atoms with Crippen molar-refractivity contribution in [3.8, 4) is 5.75 Å². The van der Waals surface area contributed by atoms with Gasteiger partial charge >= 0.3 is 0 Å². The fraction of sp³-hybridized carbons (Fsp3) is 0.370. The topological polar surface area (TPSA) is 62.2 Å². The lowest BCUT2D eigenvalue weighted by Crippen LogP contribution is -2.39. The summed E-state index contributed by atoms with van der Waals surface area (Å²) in [5, 5.41) is 0.536. The highest BCUT2D eigenvalue weighted by Crippen LogP contribution is 2.31. The van der Waals surface area contributed by atoms with E-state index in [1.807, 2.05) is 55.1 Å². The van der Waals surface area contributed by atoms with Crippen molar-refractivity contribution in [1.29, 1.82) is 0 Å². The first-order valence-corrected chi connectivity index (χ1v) is 12.6. The molecular formula is C27H31N3O3S. The standard InChI is InChI=1S/C27H31N3O3S/c1-18-9-11-29(12-10-18)25(31)17-34-27-28-24(16-21-5-7-23(33-4)8-6-21)26(32)30(27)22-14-19(2)13-20(3)15-22/h5-8,13-16,18H,9-12,17H2,1-4H3/b24-16-. The summed E-state index contributed by atoms with van der Waals surface area (Å²) < 4.78 is 5.22. The second-order valence-electron chi connectivity index (χ2n) is 9.04. The Morgan fingerprint density at radius 1 is 1.12 bits per heavy atom. The number of amides is 2. The summed E-state index contributed by atoms with van der Waals surface area (Å²) >= 11 is 1.33. The van der Waals surface area contributed by atoms with Crippen molar-refractivity contribution < 1.29 is 14.3 Å². The molecule has 0 aliphatic carbocycles. The van der Waals surface area contributed by atoms with Crippen LogP contribution in [0.3, 0.4) is 0 Å². The first kappa shape index (κ1) is 24.1. The highest BCUT2D eigenvalue weighted by molar-refractivity contribution is 8.14. The van der Waals surface area contributed by atoms with E-state index >= 15 is 0 Å². The van der Waals surface area contributed by atoms with Crippen molar-refractivity contribution in [3.05, 3.63) is 64.9 Å². The van der Waals surface area contributed by atoms with E-state index in [0.29, 0.717) is 16.8 Å². The number of carbonyl (C=O) groups is 2. The van der Waals surface area contributed by atoms with Crippen molar-refractivity contribution in [2.45, 2.75) is 33.6 Å². The summed E-state index contributed by atoms with van der Waals surface area (Å²) in [6.07, 6.45) is 3.86. The van der Waals surface area contributed by atoms with E-state index in [1.165, 1.54) is 11.8 Å². The number of benzene rings is 2. The number of ether oxygens (including phenoxy) is 1. The minimum absolute atomic E-state index is 0.0972. The first-order chi connectivity index (χ1) is 16.3. The summed E-state index contributed by atoms with van der Waals surface area (Å²) in [6, 6.07) is 13.5. The van der Waals surface area contributed by atoms with Gasteiger partial charge in [-0.1, -0.05) is 36.9 Å². The number of anilines is 1. The SMILES string of the molecule is COc1ccc(/C=C2\N=C(SCC(=O)N3CCC(C)CC3)N(c3cc(C)cc(C)c3)C2=O)cc1. The second-order valence-corrected chi connectivity index (χ2v) is 9.98. The second kappa shape index (κ2) is 10.5. The van der Waals surface area contributed by atoms with E-state index in [9.17, 15) is 9.59 Å². The Morgan fingerprint density at radius 3 is 2.38 bits per heavy atom. The molecule has 2 heterocycles. The van der Waals surface area contributed by atoms with Crippen molar-refractivity contribution in [3.63, 3.8) is 0 Å². The van der Waals surface area contributed by atoms with Crippen LogP contribution in [0, 0.1) is 19.8 Å². The predicted octanol–water partition coefficient (Wildman–Crippen LogP) is 5.05. The molecule has 0 saturated carbocycles. The maximum atomic E-state index is 13.5. The molecule has 0 aromatic heterocycles. The zero-order valence-electron chi connectivity index (χ0n) is 20.2. The summed E-state index contributed by atoms with van der Waals surface area (Å²) in [6.45, 7) is 7.85. The third kappa shape index (κ3) is 5.53. The third-order valence-corrected chi connectivity index (χ3v) is 7.10. The average molecular weight is 478 g/mol. The number of likely N-dealkylation sites (tertiary alicyclic amines) is 1. The summed E-state index contributed by atoms with van der Waals surface area (Å²) in [4.78, 5) is 34.5. The largest absolute Gasteiger partial charge is 0.497 e. The van der Waals surface area contributed by atoms with Crippen LogP contribution in [-0.2, 0) is 9.59 Å². The fourth-order valence-electron chi connectivity index (χ4n) is 4.23. The number of rotatable bonds is 5. The number of aliphatic imine (C=N–C) groups is 1. The molecule has 2 aromatic carbocycles. The van der Waals surface area contributed by atoms with Crippen LogP contribution < -0.4 is 9.64 Å². The Labute approximate surface area is 205 Å². The lowest BCUT2D eigenvalue weighted by molar-refractivity contribution is -0.129. The Morgan fingerprint density at radius 2 is 1.76 bits per heavy atom. The number of nitrogens with zero attached hydrogens (tertiary/aromatic N) is 3. The maximum absolute atomic E-state index is 13.5. The van der Waals surface area contributed by atoms with Gasteiger partial charge in [0.15, 0.2) is 5.17 Å². The van der Waals surface area contributed by atoms with Crippen LogP contribution in [0.15, 0.2) is 53.2 Å². The fourth-order valence-corrected chi connectivity index (χ4v) is 5.15. The van der Waals surface area contributed by atoms with Gasteiger partial charge in [0.1, 0.15) is 11.4 Å². The third-order valence-electron chi connectivity index (χ3n) is 6.17. The van der Waals surface area contributed by atoms with Crippen LogP contribution in [0.5, 0.6) is 5.75 Å². The van der Waals surface area contributed by atoms with Crippen LogP contribution in [0.25, 0.3) is 6.08 Å². The smallest absolute Gasteiger partial charge is 0.283 e. The van der Waals surface area contributed by atoms with Crippen LogP contribution in [-0.4, -0.2) is 47.8 Å². The summed E-state index contributed by atoms with van der Waals surface area (Å²) in [7, 11) is 1.62. The van der Waals surface area contributed by atoms with Crippen molar-refractivity contribution in [1.82, 2.24) is 4.90 Å². The van der Waals surface area contributed by atoms with E-state index < -0.39 is 0 Å². The molecule has 2 aliphatic heterocycles. The van der Waals surface area contributed by atoms with E-state index in [1.54, 1.807) is 18.1 Å². The molecule has 0 unspecified atom stereocenters. The molecule has 0 bridgehead atoms. The molecule has 1 saturated heterocycles. The molecule has 1 fully saturated rings. The van der Waals surface area contributed by atoms with Crippen molar-refractivity contribution in [2.24, 2.45) is 10.9 Å². The van der Waals surface area contributed by atoms with E-state index in [0.717, 1.165) is 54.1 Å². The Hall–Kier alpha value is -3.06. The number of piperidine rings is 1.